The van der Waals surface area contributed by atoms with E-state index in [1.54, 1.807) is 44.8 Å². The number of fused-ring (bicyclic) bond motifs is 2. The highest BCUT2D eigenvalue weighted by Crippen LogP contribution is 2.35. The number of anilines is 3. The van der Waals surface area contributed by atoms with Crippen LogP contribution in [0.5, 0.6) is 11.5 Å². The highest BCUT2D eigenvalue weighted by atomic mass is 32.2. The number of methoxy groups -OCH3 is 2. The summed E-state index contributed by atoms with van der Waals surface area (Å²) in [7, 11) is -0.215. The van der Waals surface area contributed by atoms with Gasteiger partial charge in [-0.3, -0.25) is 9.71 Å². The molecule has 4 aromatic rings. The van der Waals surface area contributed by atoms with Gasteiger partial charge in [-0.2, -0.15) is 4.98 Å². The van der Waals surface area contributed by atoms with Crippen LogP contribution >= 0.6 is 0 Å². The lowest BCUT2D eigenvalue weighted by Crippen LogP contribution is -2.32. The predicted molar refractivity (Wildman–Crippen MR) is 141 cm³/mol. The molecular weight excluding hydrogens is 480 g/mol. The van der Waals surface area contributed by atoms with Crippen LogP contribution in [0.15, 0.2) is 60.9 Å². The topological polar surface area (TPSA) is 133 Å². The number of sulfonamides is 1. The maximum Gasteiger partial charge on any atom is 0.229 e. The second kappa shape index (κ2) is 10.6. The summed E-state index contributed by atoms with van der Waals surface area (Å²) < 4.78 is 36.6. The Balaban J connectivity index is 0.000000445. The molecule has 0 saturated heterocycles. The van der Waals surface area contributed by atoms with Gasteiger partial charge >= 0.3 is 0 Å². The first-order chi connectivity index (χ1) is 17.3. The minimum absolute atomic E-state index is 0.356. The van der Waals surface area contributed by atoms with Gasteiger partial charge in [-0.15, -0.1) is 0 Å². The molecule has 0 unspecified atom stereocenters. The molecule has 0 saturated carbocycles. The van der Waals surface area contributed by atoms with Gasteiger partial charge in [-0.25, -0.2) is 13.4 Å². The van der Waals surface area contributed by atoms with Crippen LogP contribution in [-0.2, 0) is 23.0 Å². The smallest absolute Gasteiger partial charge is 0.229 e. The fourth-order valence-corrected chi connectivity index (χ4v) is 4.59. The van der Waals surface area contributed by atoms with Crippen molar-refractivity contribution in [2.45, 2.75) is 13.0 Å². The summed E-state index contributed by atoms with van der Waals surface area (Å²) in [5.41, 5.74) is 9.50. The highest BCUT2D eigenvalue weighted by Gasteiger charge is 2.23. The molecule has 0 fully saturated rings. The molecular formula is C25H28N6O4S. The van der Waals surface area contributed by atoms with E-state index < -0.39 is 10.0 Å². The number of benzene rings is 2. The molecule has 2 aromatic heterocycles. The Kier molecular flexibility index (Phi) is 7.39. The van der Waals surface area contributed by atoms with Gasteiger partial charge in [0.2, 0.25) is 16.0 Å². The molecule has 11 heteroatoms. The fraction of sp³-hybridized carbons (Fsp3) is 0.240. The van der Waals surface area contributed by atoms with Gasteiger partial charge in [0.05, 0.1) is 31.7 Å². The molecule has 3 N–H and O–H groups in total. The number of nitrogens with one attached hydrogen (secondary N) is 1. The first-order valence-electron chi connectivity index (χ1n) is 11.2. The summed E-state index contributed by atoms with van der Waals surface area (Å²) in [6.45, 7) is 1.18. The monoisotopic (exact) mass is 508 g/mol. The number of pyridine rings is 1. The average Bonchev–Trinajstić information content (AvgIpc) is 2.88. The van der Waals surface area contributed by atoms with E-state index in [4.69, 9.17) is 15.2 Å². The van der Waals surface area contributed by atoms with E-state index in [0.29, 0.717) is 59.4 Å². The Labute approximate surface area is 210 Å². The Morgan fingerprint density at radius 3 is 2.33 bits per heavy atom. The van der Waals surface area contributed by atoms with Crippen LogP contribution in [0.4, 0.5) is 17.5 Å². The number of nitrogens with two attached hydrogens (primary N) is 1. The number of nitrogens with zero attached hydrogens (tertiary/aromatic N) is 4. The molecule has 1 aliphatic heterocycles. The third-order valence-corrected chi connectivity index (χ3v) is 6.22. The number of hydrogen-bond donors (Lipinski definition) is 2. The van der Waals surface area contributed by atoms with Crippen molar-refractivity contribution in [2.24, 2.45) is 0 Å². The maximum absolute atomic E-state index is 11.7. The SMILES string of the molecule is COc1cc2nc(N3CCc4c(cccc4NS(C)(=O)=O)C3)nc(N)c2cc1OC.c1ccncc1. The summed E-state index contributed by atoms with van der Waals surface area (Å²) in [6.07, 6.45) is 5.30. The van der Waals surface area contributed by atoms with Crippen molar-refractivity contribution in [1.82, 2.24) is 15.0 Å². The molecule has 1 aliphatic rings. The van der Waals surface area contributed by atoms with Crippen LogP contribution in [0, 0.1) is 0 Å². The summed E-state index contributed by atoms with van der Waals surface area (Å²) >= 11 is 0. The minimum atomic E-state index is -3.35. The molecule has 0 atom stereocenters. The second-order valence-corrected chi connectivity index (χ2v) is 9.90. The Morgan fingerprint density at radius 2 is 1.72 bits per heavy atom. The molecule has 188 valence electrons. The van der Waals surface area contributed by atoms with Crippen molar-refractivity contribution >= 4 is 38.4 Å². The zero-order valence-electron chi connectivity index (χ0n) is 20.3. The van der Waals surface area contributed by atoms with Crippen LogP contribution in [0.1, 0.15) is 11.1 Å². The zero-order chi connectivity index (χ0) is 25.7. The zero-order valence-corrected chi connectivity index (χ0v) is 21.1. The Hall–Kier alpha value is -4.12. The van der Waals surface area contributed by atoms with Gasteiger partial charge in [0, 0.05) is 36.9 Å². The van der Waals surface area contributed by atoms with Gasteiger partial charge < -0.3 is 20.1 Å². The van der Waals surface area contributed by atoms with Crippen LogP contribution in [-0.4, -0.2) is 50.4 Å². The fourth-order valence-electron chi connectivity index (χ4n) is 4.00. The van der Waals surface area contributed by atoms with Gasteiger partial charge in [0.15, 0.2) is 11.5 Å². The minimum Gasteiger partial charge on any atom is -0.493 e. The van der Waals surface area contributed by atoms with Crippen LogP contribution in [0.25, 0.3) is 10.9 Å². The van der Waals surface area contributed by atoms with E-state index >= 15 is 0 Å². The van der Waals surface area contributed by atoms with E-state index in [1.165, 1.54) is 0 Å². The first kappa shape index (κ1) is 25.0. The van der Waals surface area contributed by atoms with Gasteiger partial charge in [0.25, 0.3) is 0 Å². The van der Waals surface area contributed by atoms with E-state index in [0.717, 1.165) is 17.4 Å². The highest BCUT2D eigenvalue weighted by molar-refractivity contribution is 7.92. The summed E-state index contributed by atoms with van der Waals surface area (Å²) in [5.74, 6) is 1.99. The van der Waals surface area contributed by atoms with Crippen molar-refractivity contribution in [3.63, 3.8) is 0 Å². The molecule has 0 bridgehead atoms. The lowest BCUT2D eigenvalue weighted by molar-refractivity contribution is 0.356. The molecule has 5 rings (SSSR count). The largest absolute Gasteiger partial charge is 0.493 e. The van der Waals surface area contributed by atoms with Crippen molar-refractivity contribution in [3.8, 4) is 11.5 Å². The first-order valence-corrected chi connectivity index (χ1v) is 13.1. The number of ether oxygens (including phenoxy) is 2. The Bertz CT molecular complexity index is 1440. The number of aromatic nitrogens is 3. The summed E-state index contributed by atoms with van der Waals surface area (Å²) in [6, 6.07) is 14.9. The third-order valence-electron chi connectivity index (χ3n) is 5.63. The normalized spacial score (nSPS) is 12.8. The Morgan fingerprint density at radius 1 is 1.00 bits per heavy atom. The van der Waals surface area contributed by atoms with Gasteiger partial charge in [0.1, 0.15) is 5.82 Å². The van der Waals surface area contributed by atoms with Crippen LogP contribution in [0.3, 0.4) is 0 Å². The molecule has 0 amide bonds. The van der Waals surface area contributed by atoms with Crippen molar-refractivity contribution in [2.75, 3.05) is 42.4 Å². The lowest BCUT2D eigenvalue weighted by atomic mass is 9.98. The summed E-state index contributed by atoms with van der Waals surface area (Å²) in [5, 5.41) is 0.688. The standard InChI is InChI=1S/C20H23N5O4S.C5H5N/c1-28-17-9-14-16(10-18(17)29-2)22-20(23-19(14)21)25-8-7-13-12(11-25)5-4-6-15(13)24-30(3,26)27;1-2-4-6-5-3-1/h4-6,9-10,24H,7-8,11H2,1-3H3,(H2,21,22,23);1-5H. The third kappa shape index (κ3) is 5.74. The maximum atomic E-state index is 11.7. The molecule has 36 heavy (non-hydrogen) atoms. The van der Waals surface area contributed by atoms with Crippen molar-refractivity contribution in [3.05, 3.63) is 72.1 Å². The average molecular weight is 509 g/mol. The van der Waals surface area contributed by atoms with Crippen molar-refractivity contribution in [1.29, 1.82) is 0 Å². The van der Waals surface area contributed by atoms with E-state index in [2.05, 4.69) is 19.7 Å². The quantitative estimate of drug-likeness (QED) is 0.417. The van der Waals surface area contributed by atoms with E-state index in [1.807, 2.05) is 35.2 Å². The molecule has 10 nitrogen and oxygen atoms in total. The number of nitrogen functional groups attached to an aromatic ring is 1. The number of hydrogen-bond acceptors (Lipinski definition) is 9. The van der Waals surface area contributed by atoms with Crippen LogP contribution < -0.4 is 24.8 Å². The van der Waals surface area contributed by atoms with E-state index in [9.17, 15) is 8.42 Å². The van der Waals surface area contributed by atoms with Gasteiger partial charge in [-0.05, 0) is 41.8 Å². The molecule has 0 aliphatic carbocycles. The molecule has 3 heterocycles. The van der Waals surface area contributed by atoms with Crippen molar-refractivity contribution < 1.29 is 17.9 Å². The molecule has 0 radical (unpaired) electrons. The number of rotatable bonds is 5. The second-order valence-electron chi connectivity index (χ2n) is 8.15. The van der Waals surface area contributed by atoms with Gasteiger partial charge in [-0.1, -0.05) is 18.2 Å². The lowest BCUT2D eigenvalue weighted by Gasteiger charge is -2.30. The van der Waals surface area contributed by atoms with Crippen LogP contribution in [0.2, 0.25) is 0 Å². The summed E-state index contributed by atoms with van der Waals surface area (Å²) in [4.78, 5) is 15.0. The predicted octanol–water partition coefficient (Wildman–Crippen LogP) is 3.25. The molecule has 2 aromatic carbocycles. The molecule has 0 spiro atoms. The van der Waals surface area contributed by atoms with E-state index in [-0.39, 0.29) is 0 Å².